The van der Waals surface area contributed by atoms with Crippen molar-refractivity contribution in [3.8, 4) is 0 Å². The summed E-state index contributed by atoms with van der Waals surface area (Å²) in [6.45, 7) is -0.152. The van der Waals surface area contributed by atoms with E-state index in [1.54, 1.807) is 11.2 Å². The van der Waals surface area contributed by atoms with Gasteiger partial charge in [-0.15, -0.1) is 0 Å². The Morgan fingerprint density at radius 2 is 2.11 bits per heavy atom. The first kappa shape index (κ1) is 12.5. The first-order valence-electron chi connectivity index (χ1n) is 6.26. The van der Waals surface area contributed by atoms with Gasteiger partial charge >= 0.3 is 0 Å². The molecule has 0 saturated heterocycles. The Bertz CT molecular complexity index is 452. The summed E-state index contributed by atoms with van der Waals surface area (Å²) in [6, 6.07) is -0.656. The summed E-state index contributed by atoms with van der Waals surface area (Å²) in [7, 11) is 0. The van der Waals surface area contributed by atoms with Crippen LogP contribution in [-0.2, 0) is 0 Å². The lowest BCUT2D eigenvalue weighted by molar-refractivity contribution is -0.0112. The van der Waals surface area contributed by atoms with E-state index < -0.39 is 12.2 Å². The Labute approximate surface area is 110 Å². The Balaban J connectivity index is 1.80. The first-order valence-corrected chi connectivity index (χ1v) is 6.26. The van der Waals surface area contributed by atoms with Crippen LogP contribution in [0.5, 0.6) is 0 Å². The molecule has 0 radical (unpaired) electrons. The molecule has 1 aliphatic carbocycles. The van der Waals surface area contributed by atoms with Crippen molar-refractivity contribution in [2.45, 2.75) is 36.9 Å². The average molecular weight is 267 g/mol. The van der Waals surface area contributed by atoms with Crippen LogP contribution in [0.3, 0.4) is 0 Å². The van der Waals surface area contributed by atoms with E-state index in [1.807, 2.05) is 0 Å². The van der Waals surface area contributed by atoms with Gasteiger partial charge in [0.2, 0.25) is 0 Å². The van der Waals surface area contributed by atoms with Crippen LogP contribution in [0.4, 0.5) is 0 Å². The topological polar surface area (TPSA) is 127 Å². The molecule has 8 nitrogen and oxygen atoms in total. The van der Waals surface area contributed by atoms with Crippen molar-refractivity contribution >= 4 is 18.5 Å². The third-order valence-corrected chi connectivity index (χ3v) is 4.07. The number of nitrogens with zero attached hydrogens (tertiary/aromatic N) is 4. The monoisotopic (exact) mass is 267 g/mol. The van der Waals surface area contributed by atoms with Crippen LogP contribution in [0, 0.1) is 5.92 Å². The smallest absolute Gasteiger partial charge is 0.153 e. The van der Waals surface area contributed by atoms with Crippen LogP contribution < -0.4 is 5.73 Å². The molecule has 3 aliphatic rings. The second-order valence-electron chi connectivity index (χ2n) is 5.12. The Morgan fingerprint density at radius 1 is 1.32 bits per heavy atom. The minimum atomic E-state index is -0.933. The van der Waals surface area contributed by atoms with Crippen molar-refractivity contribution in [1.82, 2.24) is 4.90 Å². The molecule has 8 heteroatoms. The maximum atomic E-state index is 10.1. The zero-order valence-electron chi connectivity index (χ0n) is 10.2. The van der Waals surface area contributed by atoms with E-state index in [2.05, 4.69) is 15.0 Å². The number of fused-ring (bicyclic) bond motifs is 1. The third kappa shape index (κ3) is 1.83. The zero-order valence-corrected chi connectivity index (χ0v) is 10.2. The van der Waals surface area contributed by atoms with Crippen LogP contribution in [-0.4, -0.2) is 75.8 Å². The van der Waals surface area contributed by atoms with Crippen molar-refractivity contribution in [3.05, 3.63) is 0 Å². The fourth-order valence-corrected chi connectivity index (χ4v) is 2.95. The van der Waals surface area contributed by atoms with Gasteiger partial charge in [-0.2, -0.15) is 0 Å². The SMILES string of the molecule is NC1=NC=NC2C1N=CN2[C@@H]1C[C@H](CO)[C@@H](O)[C@H]1O. The minimum Gasteiger partial charge on any atom is -0.396 e. The number of aliphatic imine (C=N–C) groups is 3. The molecule has 1 saturated carbocycles. The molecule has 6 atom stereocenters. The molecule has 3 rings (SSSR count). The van der Waals surface area contributed by atoms with Crippen LogP contribution in [0.15, 0.2) is 15.0 Å². The molecular formula is C11H17N5O3. The fraction of sp³-hybridized carbons (Fsp3) is 0.727. The van der Waals surface area contributed by atoms with Gasteiger partial charge in [-0.3, -0.25) is 4.99 Å². The number of aliphatic hydroxyl groups is 3. The van der Waals surface area contributed by atoms with Crippen LogP contribution in [0.2, 0.25) is 0 Å². The van der Waals surface area contributed by atoms with Crippen LogP contribution in [0.1, 0.15) is 6.42 Å². The Morgan fingerprint density at radius 3 is 2.79 bits per heavy atom. The van der Waals surface area contributed by atoms with Gasteiger partial charge in [-0.1, -0.05) is 0 Å². The number of hydrogen-bond acceptors (Lipinski definition) is 8. The number of nitrogens with two attached hydrogens (primary N) is 1. The van der Waals surface area contributed by atoms with Crippen LogP contribution >= 0.6 is 0 Å². The Kier molecular flexibility index (Phi) is 3.00. The fourth-order valence-electron chi connectivity index (χ4n) is 2.95. The number of hydrogen-bond donors (Lipinski definition) is 4. The van der Waals surface area contributed by atoms with Gasteiger partial charge in [0, 0.05) is 12.5 Å². The van der Waals surface area contributed by atoms with Crippen molar-refractivity contribution in [2.24, 2.45) is 26.6 Å². The molecular weight excluding hydrogens is 250 g/mol. The molecule has 0 amide bonds. The molecule has 0 aromatic carbocycles. The largest absolute Gasteiger partial charge is 0.396 e. The van der Waals surface area contributed by atoms with E-state index >= 15 is 0 Å². The molecule has 2 aliphatic heterocycles. The number of rotatable bonds is 2. The summed E-state index contributed by atoms with van der Waals surface area (Å²) in [4.78, 5) is 14.2. The maximum Gasteiger partial charge on any atom is 0.153 e. The lowest BCUT2D eigenvalue weighted by Crippen LogP contribution is -2.50. The van der Waals surface area contributed by atoms with Gasteiger partial charge < -0.3 is 26.0 Å². The van der Waals surface area contributed by atoms with Gasteiger partial charge in [-0.05, 0) is 6.42 Å². The highest BCUT2D eigenvalue weighted by molar-refractivity contribution is 5.96. The van der Waals surface area contributed by atoms with Crippen molar-refractivity contribution in [1.29, 1.82) is 0 Å². The molecule has 5 N–H and O–H groups in total. The number of amidine groups is 1. The maximum absolute atomic E-state index is 10.1. The summed E-state index contributed by atoms with van der Waals surface area (Å²) >= 11 is 0. The van der Waals surface area contributed by atoms with Gasteiger partial charge in [0.25, 0.3) is 0 Å². The average Bonchev–Trinajstić information content (AvgIpc) is 2.94. The molecule has 0 spiro atoms. The van der Waals surface area contributed by atoms with Gasteiger partial charge in [0.1, 0.15) is 24.3 Å². The van der Waals surface area contributed by atoms with Crippen molar-refractivity contribution in [2.75, 3.05) is 6.61 Å². The molecule has 0 aromatic heterocycles. The normalized spacial score (nSPS) is 44.6. The van der Waals surface area contributed by atoms with E-state index in [1.165, 1.54) is 6.34 Å². The predicted molar refractivity (Wildman–Crippen MR) is 69.0 cm³/mol. The van der Waals surface area contributed by atoms with E-state index in [0.29, 0.717) is 12.3 Å². The van der Waals surface area contributed by atoms with E-state index in [-0.39, 0.29) is 30.8 Å². The lowest BCUT2D eigenvalue weighted by atomic mass is 10.1. The number of aliphatic hydroxyl groups excluding tert-OH is 3. The highest BCUT2D eigenvalue weighted by Crippen LogP contribution is 2.33. The minimum absolute atomic E-state index is 0.152. The van der Waals surface area contributed by atoms with Gasteiger partial charge in [-0.25, -0.2) is 9.98 Å². The molecule has 0 bridgehead atoms. The summed E-state index contributed by atoms with van der Waals surface area (Å²) in [5.74, 6) is 0.0662. The quantitative estimate of drug-likeness (QED) is 0.441. The van der Waals surface area contributed by atoms with Gasteiger partial charge in [0.05, 0.1) is 18.5 Å². The summed E-state index contributed by atoms with van der Waals surface area (Å²) in [6.07, 6.45) is 1.29. The molecule has 2 unspecified atom stereocenters. The summed E-state index contributed by atoms with van der Waals surface area (Å²) < 4.78 is 0. The molecule has 1 fully saturated rings. The zero-order chi connectivity index (χ0) is 13.6. The second-order valence-corrected chi connectivity index (χ2v) is 5.12. The van der Waals surface area contributed by atoms with E-state index in [9.17, 15) is 15.3 Å². The second kappa shape index (κ2) is 4.55. The van der Waals surface area contributed by atoms with E-state index in [4.69, 9.17) is 5.73 Å². The molecule has 0 aromatic rings. The standard InChI is InChI=1S/C11H17N5O3/c12-10-7-11(14-3-13-10)16(4-15-7)6-1-5(2-17)8(18)9(6)19/h3-9,11,17-19H,1-2H2,(H2,12,13,14)/t5-,6-,7?,8-,9+,11?/m1/s1. The third-order valence-electron chi connectivity index (χ3n) is 4.07. The first-order chi connectivity index (χ1) is 9.13. The highest BCUT2D eigenvalue weighted by atomic mass is 16.3. The lowest BCUT2D eigenvalue weighted by Gasteiger charge is -2.32. The van der Waals surface area contributed by atoms with Gasteiger partial charge in [0.15, 0.2) is 6.17 Å². The highest BCUT2D eigenvalue weighted by Gasteiger charge is 2.48. The van der Waals surface area contributed by atoms with Crippen molar-refractivity contribution in [3.63, 3.8) is 0 Å². The molecule has 104 valence electrons. The molecule has 19 heavy (non-hydrogen) atoms. The van der Waals surface area contributed by atoms with Crippen molar-refractivity contribution < 1.29 is 15.3 Å². The molecule has 2 heterocycles. The summed E-state index contributed by atoms with van der Waals surface area (Å²) in [5, 5.41) is 29.2. The van der Waals surface area contributed by atoms with Crippen LogP contribution in [0.25, 0.3) is 0 Å². The predicted octanol–water partition coefficient (Wildman–Crippen LogP) is -2.47. The van der Waals surface area contributed by atoms with E-state index in [0.717, 1.165) is 0 Å². The summed E-state index contributed by atoms with van der Waals surface area (Å²) in [5.41, 5.74) is 5.76. The Hall–Kier alpha value is -1.51.